The number of ether oxygens (including phenoxy) is 3. The van der Waals surface area contributed by atoms with Gasteiger partial charge in [-0.2, -0.15) is 0 Å². The highest BCUT2D eigenvalue weighted by molar-refractivity contribution is 5.55. The molecule has 2 aliphatic rings. The van der Waals surface area contributed by atoms with Crippen LogP contribution in [-0.2, 0) is 6.42 Å². The maximum Gasteiger partial charge on any atom is 0.169 e. The van der Waals surface area contributed by atoms with Gasteiger partial charge in [-0.15, -0.1) is 0 Å². The van der Waals surface area contributed by atoms with Gasteiger partial charge in [-0.05, 0) is 25.8 Å². The fraction of sp³-hybridized carbons (Fsp3) is 0.625. The highest BCUT2D eigenvalue weighted by atomic mass is 19.1. The summed E-state index contributed by atoms with van der Waals surface area (Å²) in [6, 6.07) is 1.71. The van der Waals surface area contributed by atoms with Gasteiger partial charge in [0.1, 0.15) is 0 Å². The lowest BCUT2D eigenvalue weighted by molar-refractivity contribution is 0.294. The Kier molecular flexibility index (Phi) is 4.48. The summed E-state index contributed by atoms with van der Waals surface area (Å²) in [7, 11) is 1.50. The van der Waals surface area contributed by atoms with Crippen LogP contribution in [0.5, 0.6) is 17.2 Å². The van der Waals surface area contributed by atoms with Crippen molar-refractivity contribution >= 4 is 0 Å². The van der Waals surface area contributed by atoms with Crippen molar-refractivity contribution in [1.82, 2.24) is 5.32 Å². The van der Waals surface area contributed by atoms with Crippen molar-refractivity contribution in [2.45, 2.75) is 38.1 Å². The second kappa shape index (κ2) is 6.52. The SMILES string of the molecule is COc1c(F)cc2c(c1CC1CCCCN1)OCCCO2. The van der Waals surface area contributed by atoms with Gasteiger partial charge < -0.3 is 19.5 Å². The summed E-state index contributed by atoms with van der Waals surface area (Å²) in [5.41, 5.74) is 0.786. The largest absolute Gasteiger partial charge is 0.493 e. The summed E-state index contributed by atoms with van der Waals surface area (Å²) in [5, 5.41) is 3.49. The van der Waals surface area contributed by atoms with Gasteiger partial charge in [-0.25, -0.2) is 4.39 Å². The number of hydrogen-bond acceptors (Lipinski definition) is 4. The van der Waals surface area contributed by atoms with Crippen LogP contribution in [0, 0.1) is 5.82 Å². The first-order valence-electron chi connectivity index (χ1n) is 7.68. The van der Waals surface area contributed by atoms with Crippen LogP contribution in [0.3, 0.4) is 0 Å². The fourth-order valence-electron chi connectivity index (χ4n) is 3.07. The minimum Gasteiger partial charge on any atom is -0.493 e. The molecule has 21 heavy (non-hydrogen) atoms. The predicted molar refractivity (Wildman–Crippen MR) is 77.9 cm³/mol. The van der Waals surface area contributed by atoms with Crippen LogP contribution in [0.15, 0.2) is 6.07 Å². The van der Waals surface area contributed by atoms with Gasteiger partial charge in [0.15, 0.2) is 23.1 Å². The zero-order chi connectivity index (χ0) is 14.7. The van der Waals surface area contributed by atoms with E-state index in [-0.39, 0.29) is 11.6 Å². The molecule has 1 N–H and O–H groups in total. The van der Waals surface area contributed by atoms with E-state index in [4.69, 9.17) is 14.2 Å². The number of rotatable bonds is 3. The van der Waals surface area contributed by atoms with Crippen LogP contribution in [0.1, 0.15) is 31.2 Å². The molecule has 5 heteroatoms. The molecule has 0 bridgehead atoms. The third kappa shape index (κ3) is 3.07. The third-order valence-corrected chi connectivity index (χ3v) is 4.11. The Balaban J connectivity index is 1.96. The predicted octanol–water partition coefficient (Wildman–Crippen LogP) is 2.68. The van der Waals surface area contributed by atoms with Crippen molar-refractivity contribution in [2.75, 3.05) is 26.9 Å². The number of hydrogen-bond donors (Lipinski definition) is 1. The molecule has 1 fully saturated rings. The van der Waals surface area contributed by atoms with E-state index in [0.717, 1.165) is 24.9 Å². The Morgan fingerprint density at radius 3 is 2.90 bits per heavy atom. The molecular weight excluding hydrogens is 273 g/mol. The summed E-state index contributed by atoms with van der Waals surface area (Å²) in [4.78, 5) is 0. The number of benzene rings is 1. The minimum atomic E-state index is -0.382. The number of methoxy groups -OCH3 is 1. The summed E-state index contributed by atoms with van der Waals surface area (Å²) in [6.07, 6.45) is 5.00. The second-order valence-electron chi connectivity index (χ2n) is 5.60. The van der Waals surface area contributed by atoms with Crippen molar-refractivity contribution in [3.63, 3.8) is 0 Å². The summed E-state index contributed by atoms with van der Waals surface area (Å²) < 4.78 is 31.0. The average molecular weight is 295 g/mol. The topological polar surface area (TPSA) is 39.7 Å². The fourth-order valence-corrected chi connectivity index (χ4v) is 3.07. The summed E-state index contributed by atoms with van der Waals surface area (Å²) >= 11 is 0. The Morgan fingerprint density at radius 2 is 2.14 bits per heavy atom. The van der Waals surface area contributed by atoms with Crippen molar-refractivity contribution in [2.24, 2.45) is 0 Å². The van der Waals surface area contributed by atoms with E-state index < -0.39 is 0 Å². The maximum absolute atomic E-state index is 14.2. The second-order valence-corrected chi connectivity index (χ2v) is 5.60. The smallest absolute Gasteiger partial charge is 0.169 e. The van der Waals surface area contributed by atoms with Gasteiger partial charge in [0, 0.05) is 24.1 Å². The van der Waals surface area contributed by atoms with Crippen LogP contribution in [-0.4, -0.2) is 32.9 Å². The molecule has 1 unspecified atom stereocenters. The van der Waals surface area contributed by atoms with E-state index in [1.807, 2.05) is 0 Å². The van der Waals surface area contributed by atoms with Crippen molar-refractivity contribution in [3.05, 3.63) is 17.4 Å². The molecule has 1 saturated heterocycles. The number of fused-ring (bicyclic) bond motifs is 1. The van der Waals surface area contributed by atoms with Crippen LogP contribution >= 0.6 is 0 Å². The number of nitrogens with one attached hydrogen (secondary N) is 1. The van der Waals surface area contributed by atoms with Gasteiger partial charge in [0.05, 0.1) is 20.3 Å². The van der Waals surface area contributed by atoms with Crippen molar-refractivity contribution in [1.29, 1.82) is 0 Å². The minimum absolute atomic E-state index is 0.284. The first kappa shape index (κ1) is 14.4. The van der Waals surface area contributed by atoms with Crippen LogP contribution < -0.4 is 19.5 Å². The van der Waals surface area contributed by atoms with E-state index in [2.05, 4.69) is 5.32 Å². The lowest BCUT2D eigenvalue weighted by Crippen LogP contribution is -2.35. The first-order valence-corrected chi connectivity index (χ1v) is 7.68. The Labute approximate surface area is 124 Å². The normalized spacial score (nSPS) is 21.7. The molecule has 0 spiro atoms. The molecule has 1 aromatic carbocycles. The van der Waals surface area contributed by atoms with Gasteiger partial charge in [-0.3, -0.25) is 0 Å². The third-order valence-electron chi connectivity index (χ3n) is 4.11. The molecule has 0 radical (unpaired) electrons. The molecule has 0 aliphatic carbocycles. The first-order chi connectivity index (χ1) is 10.3. The highest BCUT2D eigenvalue weighted by Crippen LogP contribution is 2.42. The van der Waals surface area contributed by atoms with E-state index in [1.165, 1.54) is 26.0 Å². The molecule has 0 saturated carbocycles. The Morgan fingerprint density at radius 1 is 1.29 bits per heavy atom. The maximum atomic E-state index is 14.2. The van der Waals surface area contributed by atoms with E-state index in [1.54, 1.807) is 0 Å². The van der Waals surface area contributed by atoms with Crippen LogP contribution in [0.2, 0.25) is 0 Å². The van der Waals surface area contributed by atoms with Gasteiger partial charge >= 0.3 is 0 Å². The molecule has 2 aliphatic heterocycles. The van der Waals surface area contributed by atoms with Crippen molar-refractivity contribution < 1.29 is 18.6 Å². The summed E-state index contributed by atoms with van der Waals surface area (Å²) in [5.74, 6) is 1.05. The number of halogens is 1. The zero-order valence-electron chi connectivity index (χ0n) is 12.4. The van der Waals surface area contributed by atoms with E-state index >= 15 is 0 Å². The molecule has 0 aromatic heterocycles. The highest BCUT2D eigenvalue weighted by Gasteiger charge is 2.26. The van der Waals surface area contributed by atoms with Gasteiger partial charge in [-0.1, -0.05) is 6.42 Å². The average Bonchev–Trinajstić information content (AvgIpc) is 2.73. The lowest BCUT2D eigenvalue weighted by atomic mass is 9.96. The van der Waals surface area contributed by atoms with E-state index in [0.29, 0.717) is 37.2 Å². The van der Waals surface area contributed by atoms with Crippen LogP contribution in [0.25, 0.3) is 0 Å². The van der Waals surface area contributed by atoms with Crippen molar-refractivity contribution in [3.8, 4) is 17.2 Å². The van der Waals surface area contributed by atoms with E-state index in [9.17, 15) is 4.39 Å². The molecule has 1 aromatic rings. The Bertz CT molecular complexity index is 501. The lowest BCUT2D eigenvalue weighted by Gasteiger charge is -2.25. The monoisotopic (exact) mass is 295 g/mol. The molecule has 116 valence electrons. The molecule has 1 atom stereocenters. The quantitative estimate of drug-likeness (QED) is 0.930. The molecular formula is C16H22FNO3. The molecule has 3 rings (SSSR count). The van der Waals surface area contributed by atoms with Gasteiger partial charge in [0.2, 0.25) is 0 Å². The molecule has 4 nitrogen and oxygen atoms in total. The Hall–Kier alpha value is -1.49. The van der Waals surface area contributed by atoms with Gasteiger partial charge in [0.25, 0.3) is 0 Å². The van der Waals surface area contributed by atoms with Crippen LogP contribution in [0.4, 0.5) is 4.39 Å². The standard InChI is InChI=1S/C16H22FNO3/c1-19-15-12(9-11-5-2-3-6-18-11)16-14(10-13(15)17)20-7-4-8-21-16/h10-11,18H,2-9H2,1H3. The zero-order valence-corrected chi connectivity index (χ0v) is 12.4. The number of piperidine rings is 1. The molecule has 0 amide bonds. The molecule has 2 heterocycles. The summed E-state index contributed by atoms with van der Waals surface area (Å²) in [6.45, 7) is 2.16.